The van der Waals surface area contributed by atoms with Crippen molar-refractivity contribution in [1.82, 2.24) is 0 Å². The fourth-order valence-corrected chi connectivity index (χ4v) is 3.25. The molecule has 82 valence electrons. The Labute approximate surface area is 89.7 Å². The Morgan fingerprint density at radius 1 is 1.47 bits per heavy atom. The number of ketones is 1. The Kier molecular flexibility index (Phi) is 1.88. The molecule has 2 atom stereocenters. The number of carbonyl (C=O) groups excluding carboxylic acids is 2. The fraction of sp³-hybridized carbons (Fsp3) is 0.667. The van der Waals surface area contributed by atoms with Crippen molar-refractivity contribution in [2.45, 2.75) is 33.6 Å². The molecule has 2 saturated carbocycles. The summed E-state index contributed by atoms with van der Waals surface area (Å²) in [5.74, 6) is -0.171. The Morgan fingerprint density at radius 2 is 2.07 bits per heavy atom. The van der Waals surface area contributed by atoms with Crippen LogP contribution in [0.5, 0.6) is 0 Å². The number of fused-ring (bicyclic) bond motifs is 2. The standard InChI is InChI=1S/C12H17NO2/c1-11(2)8-4-5-12(11,3)10(15)7(8)6-9(13)14/h6,8H,4-5H2,1-3H3,(H2,13,14)/b7-6+/t8-,12+/m1/s1. The number of allylic oxidation sites excluding steroid dienone is 1. The van der Waals surface area contributed by atoms with Crippen molar-refractivity contribution in [1.29, 1.82) is 0 Å². The van der Waals surface area contributed by atoms with Gasteiger partial charge in [-0.25, -0.2) is 0 Å². The van der Waals surface area contributed by atoms with Gasteiger partial charge in [0.25, 0.3) is 0 Å². The van der Waals surface area contributed by atoms with Gasteiger partial charge in [-0.2, -0.15) is 0 Å². The zero-order chi connectivity index (χ0) is 11.4. The number of Topliss-reactive ketones (excluding diaryl/α,β-unsaturated/α-hetero) is 1. The molecule has 2 rings (SSSR count). The lowest BCUT2D eigenvalue weighted by Gasteiger charge is -2.31. The normalized spacial score (nSPS) is 40.1. The van der Waals surface area contributed by atoms with Gasteiger partial charge in [-0.3, -0.25) is 9.59 Å². The van der Waals surface area contributed by atoms with Crippen molar-refractivity contribution in [2.75, 3.05) is 0 Å². The molecule has 0 aromatic rings. The predicted molar refractivity (Wildman–Crippen MR) is 56.9 cm³/mol. The van der Waals surface area contributed by atoms with E-state index in [-0.39, 0.29) is 22.5 Å². The molecule has 3 heteroatoms. The highest BCUT2D eigenvalue weighted by Gasteiger charge is 2.63. The van der Waals surface area contributed by atoms with E-state index in [1.165, 1.54) is 6.08 Å². The zero-order valence-corrected chi connectivity index (χ0v) is 9.46. The van der Waals surface area contributed by atoms with Crippen LogP contribution in [0.1, 0.15) is 33.6 Å². The lowest BCUT2D eigenvalue weighted by Crippen LogP contribution is -2.32. The van der Waals surface area contributed by atoms with Crippen LogP contribution >= 0.6 is 0 Å². The van der Waals surface area contributed by atoms with E-state index >= 15 is 0 Å². The van der Waals surface area contributed by atoms with E-state index in [1.54, 1.807) is 0 Å². The molecule has 2 N–H and O–H groups in total. The molecule has 2 aliphatic carbocycles. The van der Waals surface area contributed by atoms with Crippen LogP contribution in [0.15, 0.2) is 11.6 Å². The molecule has 15 heavy (non-hydrogen) atoms. The molecule has 0 aromatic heterocycles. The molecule has 0 unspecified atom stereocenters. The topological polar surface area (TPSA) is 60.2 Å². The first-order valence-electron chi connectivity index (χ1n) is 5.36. The average molecular weight is 207 g/mol. The second-order valence-electron chi connectivity index (χ2n) is 5.48. The molecular formula is C12H17NO2. The molecule has 0 aromatic carbocycles. The van der Waals surface area contributed by atoms with Gasteiger partial charge in [0.15, 0.2) is 5.78 Å². The molecule has 0 spiro atoms. The molecule has 0 aliphatic heterocycles. The highest BCUT2D eigenvalue weighted by atomic mass is 16.1. The van der Waals surface area contributed by atoms with Gasteiger partial charge >= 0.3 is 0 Å². The van der Waals surface area contributed by atoms with Crippen molar-refractivity contribution in [3.8, 4) is 0 Å². The SMILES string of the molecule is CC1(C)[C@@H]2CC[C@@]1(C)C(=O)/C2=C/C(N)=O. The summed E-state index contributed by atoms with van der Waals surface area (Å²) in [6.07, 6.45) is 3.26. The van der Waals surface area contributed by atoms with Crippen molar-refractivity contribution in [3.05, 3.63) is 11.6 Å². The van der Waals surface area contributed by atoms with Gasteiger partial charge in [0.05, 0.1) is 0 Å². The van der Waals surface area contributed by atoms with E-state index in [0.717, 1.165) is 12.8 Å². The molecule has 0 radical (unpaired) electrons. The van der Waals surface area contributed by atoms with Gasteiger partial charge < -0.3 is 5.73 Å². The van der Waals surface area contributed by atoms with Crippen LogP contribution in [0.4, 0.5) is 0 Å². The number of carbonyl (C=O) groups is 2. The van der Waals surface area contributed by atoms with E-state index in [0.29, 0.717) is 5.57 Å². The van der Waals surface area contributed by atoms with Crippen LogP contribution in [0.2, 0.25) is 0 Å². The monoisotopic (exact) mass is 207 g/mol. The van der Waals surface area contributed by atoms with E-state index in [4.69, 9.17) is 5.73 Å². The second kappa shape index (κ2) is 2.71. The minimum atomic E-state index is -0.509. The van der Waals surface area contributed by atoms with Gasteiger partial charge in [0.1, 0.15) is 0 Å². The number of primary amides is 1. The molecule has 2 aliphatic rings. The van der Waals surface area contributed by atoms with Gasteiger partial charge in [0, 0.05) is 17.1 Å². The highest BCUT2D eigenvalue weighted by molar-refractivity contribution is 6.08. The summed E-state index contributed by atoms with van der Waals surface area (Å²) in [6, 6.07) is 0. The predicted octanol–water partition coefficient (Wildman–Crippen LogP) is 1.42. The maximum atomic E-state index is 12.2. The number of hydrogen-bond donors (Lipinski definition) is 1. The second-order valence-corrected chi connectivity index (χ2v) is 5.48. The average Bonchev–Trinajstić information content (AvgIpc) is 2.40. The maximum absolute atomic E-state index is 12.2. The van der Waals surface area contributed by atoms with Gasteiger partial charge in [-0.05, 0) is 24.2 Å². The number of rotatable bonds is 1. The molecule has 2 bridgehead atoms. The zero-order valence-electron chi connectivity index (χ0n) is 9.46. The molecular weight excluding hydrogens is 190 g/mol. The van der Waals surface area contributed by atoms with Gasteiger partial charge in [-0.15, -0.1) is 0 Å². The smallest absolute Gasteiger partial charge is 0.241 e. The van der Waals surface area contributed by atoms with Crippen molar-refractivity contribution < 1.29 is 9.59 Å². The first-order valence-corrected chi connectivity index (χ1v) is 5.36. The lowest BCUT2D eigenvalue weighted by atomic mass is 9.70. The van der Waals surface area contributed by atoms with Gasteiger partial charge in [0.2, 0.25) is 5.91 Å². The Bertz CT molecular complexity index is 381. The molecule has 0 heterocycles. The number of nitrogens with two attached hydrogens (primary N) is 1. The van der Waals surface area contributed by atoms with Crippen LogP contribution in [0.3, 0.4) is 0 Å². The van der Waals surface area contributed by atoms with E-state index in [9.17, 15) is 9.59 Å². The van der Waals surface area contributed by atoms with Gasteiger partial charge in [-0.1, -0.05) is 20.8 Å². The Balaban J connectivity index is 2.52. The summed E-state index contributed by atoms with van der Waals surface area (Å²) in [5, 5.41) is 0. The minimum absolute atomic E-state index is 0.0363. The van der Waals surface area contributed by atoms with Crippen LogP contribution < -0.4 is 5.73 Å². The van der Waals surface area contributed by atoms with Crippen LogP contribution in [0, 0.1) is 16.7 Å². The third kappa shape index (κ3) is 1.06. The third-order valence-corrected chi connectivity index (χ3v) is 4.66. The largest absolute Gasteiger partial charge is 0.366 e. The van der Waals surface area contributed by atoms with Crippen molar-refractivity contribution in [2.24, 2.45) is 22.5 Å². The number of hydrogen-bond acceptors (Lipinski definition) is 2. The third-order valence-electron chi connectivity index (χ3n) is 4.66. The summed E-state index contributed by atoms with van der Waals surface area (Å²) in [4.78, 5) is 23.0. The van der Waals surface area contributed by atoms with Crippen LogP contribution in [-0.2, 0) is 9.59 Å². The van der Waals surface area contributed by atoms with Crippen molar-refractivity contribution in [3.63, 3.8) is 0 Å². The fourth-order valence-electron chi connectivity index (χ4n) is 3.25. The summed E-state index contributed by atoms with van der Waals surface area (Å²) in [5.41, 5.74) is 5.46. The first-order chi connectivity index (χ1) is 6.80. The highest BCUT2D eigenvalue weighted by Crippen LogP contribution is 2.65. The van der Waals surface area contributed by atoms with E-state index in [1.807, 2.05) is 6.92 Å². The Morgan fingerprint density at radius 3 is 2.47 bits per heavy atom. The molecule has 3 nitrogen and oxygen atoms in total. The summed E-state index contributed by atoms with van der Waals surface area (Å²) in [7, 11) is 0. The molecule has 0 saturated heterocycles. The summed E-state index contributed by atoms with van der Waals surface area (Å²) < 4.78 is 0. The molecule has 1 amide bonds. The van der Waals surface area contributed by atoms with E-state index < -0.39 is 5.91 Å². The lowest BCUT2D eigenvalue weighted by molar-refractivity contribution is -0.125. The van der Waals surface area contributed by atoms with Crippen molar-refractivity contribution >= 4 is 11.7 Å². The summed E-state index contributed by atoms with van der Waals surface area (Å²) in [6.45, 7) is 6.24. The summed E-state index contributed by atoms with van der Waals surface area (Å²) >= 11 is 0. The number of amides is 1. The molecule has 2 fully saturated rings. The quantitative estimate of drug-likeness (QED) is 0.661. The van der Waals surface area contributed by atoms with Crippen LogP contribution in [-0.4, -0.2) is 11.7 Å². The van der Waals surface area contributed by atoms with E-state index in [2.05, 4.69) is 13.8 Å². The Hall–Kier alpha value is -1.12. The first kappa shape index (κ1) is 10.4. The maximum Gasteiger partial charge on any atom is 0.241 e. The minimum Gasteiger partial charge on any atom is -0.366 e. The van der Waals surface area contributed by atoms with Crippen LogP contribution in [0.25, 0.3) is 0 Å².